The van der Waals surface area contributed by atoms with Crippen molar-refractivity contribution in [2.24, 2.45) is 0 Å². The Kier molecular flexibility index (Phi) is 2.08. The highest BCUT2D eigenvalue weighted by Crippen LogP contribution is 2.08. The zero-order valence-electron chi connectivity index (χ0n) is 7.41. The molecule has 0 aliphatic carbocycles. The predicted octanol–water partition coefficient (Wildman–Crippen LogP) is 1.17. The maximum atomic E-state index is 4.23. The minimum absolute atomic E-state index is 0.702. The summed E-state index contributed by atoms with van der Waals surface area (Å²) in [6.07, 6.45) is 4.28. The van der Waals surface area contributed by atoms with E-state index in [1.807, 2.05) is 0 Å². The molecule has 2 aromatic rings. The lowest BCUT2D eigenvalue weighted by Gasteiger charge is -1.96. The van der Waals surface area contributed by atoms with E-state index in [0.29, 0.717) is 5.65 Å². The normalized spacial score (nSPS) is 10.5. The fraction of sp³-hybridized carbons (Fsp3) is 0.375. The van der Waals surface area contributed by atoms with Crippen LogP contribution < -0.4 is 5.32 Å². The molecule has 0 atom stereocenters. The number of fused-ring (bicyclic) bond motifs is 1. The van der Waals surface area contributed by atoms with E-state index < -0.39 is 0 Å². The standard InChI is InChI=1S/C8H11N5/c1-2-3-10-8-12-6-4-9-5-11-7(6)13-8/h4-5H,2-3H2,1H3,(H2,9,10,11,12,13). The molecule has 2 aromatic heterocycles. The molecule has 0 saturated heterocycles. The van der Waals surface area contributed by atoms with Crippen LogP contribution in [0.1, 0.15) is 13.3 Å². The summed E-state index contributed by atoms with van der Waals surface area (Å²) in [6.45, 7) is 3.02. The number of nitrogens with zero attached hydrogens (tertiary/aromatic N) is 3. The van der Waals surface area contributed by atoms with Gasteiger partial charge in [0.05, 0.1) is 6.20 Å². The summed E-state index contributed by atoms with van der Waals surface area (Å²) in [5.74, 6) is 0.761. The molecular formula is C8H11N5. The van der Waals surface area contributed by atoms with Gasteiger partial charge in [0.1, 0.15) is 11.8 Å². The van der Waals surface area contributed by atoms with E-state index in [4.69, 9.17) is 0 Å². The van der Waals surface area contributed by atoms with Gasteiger partial charge >= 0.3 is 0 Å². The molecule has 0 saturated carbocycles. The third-order valence-electron chi connectivity index (χ3n) is 1.70. The molecule has 5 nitrogen and oxygen atoms in total. The lowest BCUT2D eigenvalue weighted by molar-refractivity contribution is 0.963. The number of rotatable bonds is 3. The van der Waals surface area contributed by atoms with Crippen LogP contribution in [0.3, 0.4) is 0 Å². The Balaban J connectivity index is 2.28. The Morgan fingerprint density at radius 3 is 3.23 bits per heavy atom. The van der Waals surface area contributed by atoms with E-state index >= 15 is 0 Å². The number of imidazole rings is 1. The lowest BCUT2D eigenvalue weighted by atomic mass is 10.5. The van der Waals surface area contributed by atoms with Crippen LogP contribution in [0, 0.1) is 0 Å². The van der Waals surface area contributed by atoms with Gasteiger partial charge in [-0.15, -0.1) is 0 Å². The van der Waals surface area contributed by atoms with Crippen LogP contribution in [0.25, 0.3) is 11.2 Å². The fourth-order valence-corrected chi connectivity index (χ4v) is 1.09. The summed E-state index contributed by atoms with van der Waals surface area (Å²) in [6, 6.07) is 0. The molecule has 68 valence electrons. The Hall–Kier alpha value is -1.65. The van der Waals surface area contributed by atoms with Gasteiger partial charge in [-0.05, 0) is 6.42 Å². The highest BCUT2D eigenvalue weighted by molar-refractivity contribution is 5.71. The first kappa shape index (κ1) is 7.97. The SMILES string of the molecule is CCCNc1nc2ncncc2[nH]1. The number of aromatic nitrogens is 4. The van der Waals surface area contributed by atoms with Gasteiger partial charge < -0.3 is 10.3 Å². The molecule has 0 amide bonds. The van der Waals surface area contributed by atoms with Crippen molar-refractivity contribution in [1.29, 1.82) is 0 Å². The van der Waals surface area contributed by atoms with Crippen molar-refractivity contribution in [2.75, 3.05) is 11.9 Å². The van der Waals surface area contributed by atoms with Crippen LogP contribution in [0.4, 0.5) is 5.95 Å². The maximum Gasteiger partial charge on any atom is 0.202 e. The van der Waals surface area contributed by atoms with E-state index in [-0.39, 0.29) is 0 Å². The average molecular weight is 177 g/mol. The molecule has 0 aliphatic rings. The molecular weight excluding hydrogens is 166 g/mol. The minimum atomic E-state index is 0.702. The number of anilines is 1. The van der Waals surface area contributed by atoms with E-state index in [1.54, 1.807) is 6.20 Å². The highest BCUT2D eigenvalue weighted by atomic mass is 15.1. The van der Waals surface area contributed by atoms with Crippen LogP contribution in [-0.2, 0) is 0 Å². The first-order chi connectivity index (χ1) is 6.40. The first-order valence-electron chi connectivity index (χ1n) is 4.29. The molecule has 0 unspecified atom stereocenters. The molecule has 0 spiro atoms. The van der Waals surface area contributed by atoms with Crippen molar-refractivity contribution in [3.05, 3.63) is 12.5 Å². The van der Waals surface area contributed by atoms with E-state index in [9.17, 15) is 0 Å². The Morgan fingerprint density at radius 2 is 2.46 bits per heavy atom. The molecule has 13 heavy (non-hydrogen) atoms. The van der Waals surface area contributed by atoms with Crippen molar-refractivity contribution in [3.63, 3.8) is 0 Å². The Bertz CT molecular complexity index is 361. The molecule has 2 rings (SSSR count). The lowest BCUT2D eigenvalue weighted by Crippen LogP contribution is -2.00. The third-order valence-corrected chi connectivity index (χ3v) is 1.70. The molecule has 2 heterocycles. The number of hydrogen-bond acceptors (Lipinski definition) is 4. The Labute approximate surface area is 75.6 Å². The van der Waals surface area contributed by atoms with Gasteiger partial charge in [0, 0.05) is 6.54 Å². The van der Waals surface area contributed by atoms with Crippen LogP contribution in [0.5, 0.6) is 0 Å². The first-order valence-corrected chi connectivity index (χ1v) is 4.29. The highest BCUT2D eigenvalue weighted by Gasteiger charge is 2.00. The van der Waals surface area contributed by atoms with Crippen molar-refractivity contribution in [3.8, 4) is 0 Å². The summed E-state index contributed by atoms with van der Waals surface area (Å²) in [5.41, 5.74) is 1.56. The van der Waals surface area contributed by atoms with Crippen molar-refractivity contribution < 1.29 is 0 Å². The van der Waals surface area contributed by atoms with Crippen molar-refractivity contribution in [1.82, 2.24) is 19.9 Å². The quantitative estimate of drug-likeness (QED) is 0.738. The van der Waals surface area contributed by atoms with Gasteiger partial charge in [-0.3, -0.25) is 0 Å². The summed E-state index contributed by atoms with van der Waals surface area (Å²) in [7, 11) is 0. The molecule has 2 N–H and O–H groups in total. The van der Waals surface area contributed by atoms with E-state index in [0.717, 1.165) is 24.4 Å². The van der Waals surface area contributed by atoms with Gasteiger partial charge in [-0.25, -0.2) is 9.97 Å². The molecule has 5 heteroatoms. The Morgan fingerprint density at radius 1 is 1.54 bits per heavy atom. The molecule has 0 aromatic carbocycles. The minimum Gasteiger partial charge on any atom is -0.356 e. The third kappa shape index (κ3) is 1.58. The molecule has 0 bridgehead atoms. The molecule has 0 radical (unpaired) electrons. The predicted molar refractivity (Wildman–Crippen MR) is 50.5 cm³/mol. The van der Waals surface area contributed by atoms with Gasteiger partial charge in [-0.1, -0.05) is 6.92 Å². The second kappa shape index (κ2) is 3.38. The second-order valence-electron chi connectivity index (χ2n) is 2.77. The van der Waals surface area contributed by atoms with Crippen LogP contribution in [-0.4, -0.2) is 26.5 Å². The van der Waals surface area contributed by atoms with Crippen molar-refractivity contribution in [2.45, 2.75) is 13.3 Å². The van der Waals surface area contributed by atoms with Gasteiger partial charge in [0.25, 0.3) is 0 Å². The number of H-pyrrole nitrogens is 1. The molecule has 0 fully saturated rings. The van der Waals surface area contributed by atoms with Gasteiger partial charge in [0.15, 0.2) is 5.65 Å². The zero-order chi connectivity index (χ0) is 9.10. The second-order valence-corrected chi connectivity index (χ2v) is 2.77. The zero-order valence-corrected chi connectivity index (χ0v) is 7.41. The summed E-state index contributed by atoms with van der Waals surface area (Å²) in [4.78, 5) is 15.2. The molecule has 0 aliphatic heterocycles. The summed E-state index contributed by atoms with van der Waals surface area (Å²) >= 11 is 0. The summed E-state index contributed by atoms with van der Waals surface area (Å²) < 4.78 is 0. The average Bonchev–Trinajstić information content (AvgIpc) is 2.57. The van der Waals surface area contributed by atoms with Crippen LogP contribution in [0.2, 0.25) is 0 Å². The maximum absolute atomic E-state index is 4.23. The summed E-state index contributed by atoms with van der Waals surface area (Å²) in [5, 5.41) is 3.15. The van der Waals surface area contributed by atoms with Gasteiger partial charge in [-0.2, -0.15) is 4.98 Å². The van der Waals surface area contributed by atoms with Gasteiger partial charge in [0.2, 0.25) is 5.95 Å². The monoisotopic (exact) mass is 177 g/mol. The van der Waals surface area contributed by atoms with Crippen molar-refractivity contribution >= 4 is 17.1 Å². The number of hydrogen-bond donors (Lipinski definition) is 2. The number of aromatic amines is 1. The van der Waals surface area contributed by atoms with E-state index in [1.165, 1.54) is 6.33 Å². The largest absolute Gasteiger partial charge is 0.356 e. The number of nitrogens with one attached hydrogen (secondary N) is 2. The topological polar surface area (TPSA) is 66.5 Å². The fourth-order valence-electron chi connectivity index (χ4n) is 1.09. The smallest absolute Gasteiger partial charge is 0.202 e. The van der Waals surface area contributed by atoms with Crippen LogP contribution in [0.15, 0.2) is 12.5 Å². The van der Waals surface area contributed by atoms with E-state index in [2.05, 4.69) is 32.2 Å². The van der Waals surface area contributed by atoms with Crippen LogP contribution >= 0.6 is 0 Å².